The molecule has 0 bridgehead atoms. The highest BCUT2D eigenvalue weighted by Crippen LogP contribution is 2.27. The molecule has 0 spiro atoms. The Balaban J connectivity index is 2.11. The second kappa shape index (κ2) is 6.02. The number of rotatable bonds is 2. The Morgan fingerprint density at radius 2 is 1.89 bits per heavy atom. The second-order valence-corrected chi connectivity index (χ2v) is 7.16. The number of anilines is 1. The molecule has 2 nitrogen and oxygen atoms in total. The number of aryl methyl sites for hydroxylation is 3. The van der Waals surface area contributed by atoms with E-state index in [0.717, 1.165) is 34.1 Å². The zero-order chi connectivity index (χ0) is 13.1. The topological polar surface area (TPSA) is 29.1 Å². The fraction of sp³-hybridized carbons (Fsp3) is 0.500. The normalized spacial score (nSPS) is 19.6. The highest BCUT2D eigenvalue weighted by molar-refractivity contribution is 8.07. The molecule has 1 aromatic carbocycles. The van der Waals surface area contributed by atoms with Crippen LogP contribution in [0.3, 0.4) is 0 Å². The van der Waals surface area contributed by atoms with Gasteiger partial charge in [0, 0.05) is 22.9 Å². The largest absolute Gasteiger partial charge is 0.325 e. The summed E-state index contributed by atoms with van der Waals surface area (Å²) in [5, 5.41) is 3.20. The highest BCUT2D eigenvalue weighted by Gasteiger charge is 2.22. The summed E-state index contributed by atoms with van der Waals surface area (Å²) in [6.07, 6.45) is 0. The molecular weight excluding hydrogens is 262 g/mol. The van der Waals surface area contributed by atoms with Crippen LogP contribution in [-0.2, 0) is 4.79 Å². The van der Waals surface area contributed by atoms with Crippen molar-refractivity contribution in [3.63, 3.8) is 0 Å². The predicted octanol–water partition coefficient (Wildman–Crippen LogP) is 3.40. The Labute approximate surface area is 117 Å². The van der Waals surface area contributed by atoms with Gasteiger partial charge < -0.3 is 5.32 Å². The van der Waals surface area contributed by atoms with Crippen LogP contribution in [0.2, 0.25) is 0 Å². The Morgan fingerprint density at radius 1 is 1.22 bits per heavy atom. The van der Waals surface area contributed by atoms with Gasteiger partial charge in [-0.3, -0.25) is 4.79 Å². The van der Waals surface area contributed by atoms with Crippen molar-refractivity contribution in [2.75, 3.05) is 22.6 Å². The third-order valence-corrected chi connectivity index (χ3v) is 5.79. The lowest BCUT2D eigenvalue weighted by Crippen LogP contribution is -2.30. The van der Waals surface area contributed by atoms with E-state index in [1.54, 1.807) is 11.8 Å². The Morgan fingerprint density at radius 3 is 2.44 bits per heavy atom. The standard InChI is InChI=1S/C14H19NOS2/c1-9-6-10(2)13(11(3)7-9)15-14(16)12-8-17-4-5-18-12/h6-7,12H,4-5,8H2,1-3H3,(H,15,16)/t12-/m1/s1. The van der Waals surface area contributed by atoms with E-state index in [-0.39, 0.29) is 11.2 Å². The smallest absolute Gasteiger partial charge is 0.238 e. The van der Waals surface area contributed by atoms with Gasteiger partial charge in [0.2, 0.25) is 5.91 Å². The lowest BCUT2D eigenvalue weighted by molar-refractivity contribution is -0.115. The first-order chi connectivity index (χ1) is 8.58. The molecule has 18 heavy (non-hydrogen) atoms. The third kappa shape index (κ3) is 3.23. The molecule has 4 heteroatoms. The Bertz CT molecular complexity index is 430. The first-order valence-electron chi connectivity index (χ1n) is 6.16. The lowest BCUT2D eigenvalue weighted by Gasteiger charge is -2.21. The summed E-state index contributed by atoms with van der Waals surface area (Å²) >= 11 is 3.64. The highest BCUT2D eigenvalue weighted by atomic mass is 32.2. The van der Waals surface area contributed by atoms with Crippen LogP contribution in [0.1, 0.15) is 16.7 Å². The van der Waals surface area contributed by atoms with Crippen molar-refractivity contribution >= 4 is 35.1 Å². The number of thioether (sulfide) groups is 2. The van der Waals surface area contributed by atoms with Crippen LogP contribution in [-0.4, -0.2) is 28.4 Å². The minimum atomic E-state index is 0.101. The maximum Gasteiger partial charge on any atom is 0.238 e. The van der Waals surface area contributed by atoms with Gasteiger partial charge in [-0.1, -0.05) is 17.7 Å². The molecule has 1 aliphatic rings. The van der Waals surface area contributed by atoms with Gasteiger partial charge in [0.05, 0.1) is 5.25 Å². The van der Waals surface area contributed by atoms with Crippen LogP contribution in [0.5, 0.6) is 0 Å². The zero-order valence-electron chi connectivity index (χ0n) is 11.1. The minimum absolute atomic E-state index is 0.101. The first-order valence-corrected chi connectivity index (χ1v) is 8.36. The number of nitrogens with one attached hydrogen (secondary N) is 1. The molecule has 2 rings (SSSR count). The average molecular weight is 281 g/mol. The summed E-state index contributed by atoms with van der Waals surface area (Å²) in [7, 11) is 0. The van der Waals surface area contributed by atoms with Crippen molar-refractivity contribution in [1.82, 2.24) is 0 Å². The lowest BCUT2D eigenvalue weighted by atomic mass is 10.1. The number of hydrogen-bond donors (Lipinski definition) is 1. The quantitative estimate of drug-likeness (QED) is 0.901. The summed E-state index contributed by atoms with van der Waals surface area (Å²) < 4.78 is 0. The average Bonchev–Trinajstić information content (AvgIpc) is 2.34. The number of amides is 1. The summed E-state index contributed by atoms with van der Waals surface area (Å²) in [6.45, 7) is 6.19. The number of carbonyl (C=O) groups is 1. The number of hydrogen-bond acceptors (Lipinski definition) is 3. The summed E-state index contributed by atoms with van der Waals surface area (Å²) in [5.74, 6) is 3.33. The maximum absolute atomic E-state index is 12.2. The van der Waals surface area contributed by atoms with E-state index in [0.29, 0.717) is 0 Å². The van der Waals surface area contributed by atoms with Crippen LogP contribution in [0.4, 0.5) is 5.69 Å². The molecule has 0 aromatic heterocycles. The van der Waals surface area contributed by atoms with Crippen LogP contribution in [0.25, 0.3) is 0 Å². The van der Waals surface area contributed by atoms with E-state index in [1.165, 1.54) is 5.56 Å². The van der Waals surface area contributed by atoms with Crippen LogP contribution in [0.15, 0.2) is 12.1 Å². The van der Waals surface area contributed by atoms with Crippen molar-refractivity contribution < 1.29 is 4.79 Å². The molecule has 1 saturated heterocycles. The molecule has 0 unspecified atom stereocenters. The van der Waals surface area contributed by atoms with Crippen LogP contribution in [0, 0.1) is 20.8 Å². The van der Waals surface area contributed by atoms with E-state index >= 15 is 0 Å². The summed E-state index contributed by atoms with van der Waals surface area (Å²) in [4.78, 5) is 12.2. The molecule has 1 fully saturated rings. The minimum Gasteiger partial charge on any atom is -0.325 e. The fourth-order valence-corrected chi connectivity index (χ4v) is 4.78. The van der Waals surface area contributed by atoms with Crippen molar-refractivity contribution in [1.29, 1.82) is 0 Å². The monoisotopic (exact) mass is 281 g/mol. The Hall–Kier alpha value is -0.610. The van der Waals surface area contributed by atoms with E-state index < -0.39 is 0 Å². The third-order valence-electron chi connectivity index (χ3n) is 3.03. The van der Waals surface area contributed by atoms with E-state index in [1.807, 2.05) is 11.8 Å². The molecule has 0 radical (unpaired) electrons. The van der Waals surface area contributed by atoms with Gasteiger partial charge in [-0.05, 0) is 31.9 Å². The molecule has 1 atom stereocenters. The van der Waals surface area contributed by atoms with Gasteiger partial charge in [-0.15, -0.1) is 11.8 Å². The van der Waals surface area contributed by atoms with Crippen molar-refractivity contribution in [3.8, 4) is 0 Å². The molecule has 98 valence electrons. The molecule has 1 amide bonds. The predicted molar refractivity (Wildman–Crippen MR) is 82.9 cm³/mol. The van der Waals surface area contributed by atoms with Gasteiger partial charge in [0.1, 0.15) is 0 Å². The van der Waals surface area contributed by atoms with Crippen LogP contribution >= 0.6 is 23.5 Å². The molecule has 1 aromatic rings. The van der Waals surface area contributed by atoms with E-state index in [9.17, 15) is 4.79 Å². The van der Waals surface area contributed by atoms with Gasteiger partial charge in [0.15, 0.2) is 0 Å². The summed E-state index contributed by atoms with van der Waals surface area (Å²) in [6, 6.07) is 4.23. The number of carbonyl (C=O) groups excluding carboxylic acids is 1. The molecule has 0 aliphatic carbocycles. The summed E-state index contributed by atoms with van der Waals surface area (Å²) in [5.41, 5.74) is 4.52. The van der Waals surface area contributed by atoms with Gasteiger partial charge >= 0.3 is 0 Å². The van der Waals surface area contributed by atoms with Gasteiger partial charge in [0.25, 0.3) is 0 Å². The molecule has 1 aliphatic heterocycles. The van der Waals surface area contributed by atoms with E-state index in [4.69, 9.17) is 0 Å². The van der Waals surface area contributed by atoms with Crippen molar-refractivity contribution in [2.24, 2.45) is 0 Å². The molecular formula is C14H19NOS2. The molecule has 1 N–H and O–H groups in total. The van der Waals surface area contributed by atoms with Crippen molar-refractivity contribution in [3.05, 3.63) is 28.8 Å². The SMILES string of the molecule is Cc1cc(C)c(NC(=O)[C@H]2CSCCS2)c(C)c1. The first kappa shape index (κ1) is 13.8. The van der Waals surface area contributed by atoms with Crippen molar-refractivity contribution in [2.45, 2.75) is 26.0 Å². The number of benzene rings is 1. The molecule has 1 heterocycles. The second-order valence-electron chi connectivity index (χ2n) is 4.70. The van der Waals surface area contributed by atoms with E-state index in [2.05, 4.69) is 38.2 Å². The van der Waals surface area contributed by atoms with Crippen LogP contribution < -0.4 is 5.32 Å². The van der Waals surface area contributed by atoms with Gasteiger partial charge in [-0.2, -0.15) is 11.8 Å². The maximum atomic E-state index is 12.2. The fourth-order valence-electron chi connectivity index (χ4n) is 2.22. The van der Waals surface area contributed by atoms with Gasteiger partial charge in [-0.25, -0.2) is 0 Å². The Kier molecular flexibility index (Phi) is 4.62. The molecule has 0 saturated carbocycles. The zero-order valence-corrected chi connectivity index (χ0v) is 12.7.